The Morgan fingerprint density at radius 1 is 0.806 bits per heavy atom. The van der Waals surface area contributed by atoms with Crippen LogP contribution in [0.15, 0.2) is 66.7 Å². The molecule has 154 valence electrons. The molecule has 0 atom stereocenters. The minimum Gasteiger partial charge on any atom is -0.454 e. The van der Waals surface area contributed by atoms with Crippen LogP contribution < -0.4 is 4.90 Å². The van der Waals surface area contributed by atoms with Crippen molar-refractivity contribution in [3.63, 3.8) is 0 Å². The maximum absolute atomic E-state index is 12.9. The summed E-state index contributed by atoms with van der Waals surface area (Å²) in [6.07, 6.45) is 0. The van der Waals surface area contributed by atoms with Crippen LogP contribution in [0.2, 0.25) is 10.0 Å². The fourth-order valence-corrected chi connectivity index (χ4v) is 3.53. The fraction of sp³-hybridized carbons (Fsp3) is 0.0435. The Hall–Kier alpha value is -3.48. The third-order valence-electron chi connectivity index (χ3n) is 4.70. The van der Waals surface area contributed by atoms with Gasteiger partial charge in [-0.15, -0.1) is 0 Å². The van der Waals surface area contributed by atoms with Crippen LogP contribution in [-0.4, -0.2) is 30.2 Å². The number of rotatable bonds is 5. The maximum Gasteiger partial charge on any atom is 0.338 e. The van der Waals surface area contributed by atoms with E-state index >= 15 is 0 Å². The van der Waals surface area contributed by atoms with E-state index in [2.05, 4.69) is 0 Å². The minimum absolute atomic E-state index is 0.0323. The lowest BCUT2D eigenvalue weighted by Gasteiger charge is -2.15. The maximum atomic E-state index is 12.9. The van der Waals surface area contributed by atoms with Crippen molar-refractivity contribution in [1.82, 2.24) is 0 Å². The monoisotopic (exact) mass is 453 g/mol. The number of benzene rings is 3. The summed E-state index contributed by atoms with van der Waals surface area (Å²) >= 11 is 12.1. The summed E-state index contributed by atoms with van der Waals surface area (Å²) in [4.78, 5) is 51.1. The Morgan fingerprint density at radius 3 is 2.26 bits per heavy atom. The van der Waals surface area contributed by atoms with Crippen LogP contribution in [0.1, 0.15) is 41.4 Å². The van der Waals surface area contributed by atoms with Gasteiger partial charge < -0.3 is 4.74 Å². The van der Waals surface area contributed by atoms with Crippen LogP contribution in [-0.2, 0) is 4.74 Å². The first-order valence-electron chi connectivity index (χ1n) is 9.10. The number of hydrogen-bond donors (Lipinski definition) is 0. The van der Waals surface area contributed by atoms with Crippen molar-refractivity contribution in [2.24, 2.45) is 0 Å². The number of imide groups is 1. The summed E-state index contributed by atoms with van der Waals surface area (Å²) in [5.74, 6) is -2.36. The van der Waals surface area contributed by atoms with E-state index in [4.69, 9.17) is 27.9 Å². The van der Waals surface area contributed by atoms with Gasteiger partial charge in [-0.25, -0.2) is 9.69 Å². The molecule has 31 heavy (non-hydrogen) atoms. The molecule has 1 aliphatic rings. The quantitative estimate of drug-likeness (QED) is 0.313. The lowest BCUT2D eigenvalue weighted by molar-refractivity contribution is 0.0474. The van der Waals surface area contributed by atoms with E-state index in [0.717, 1.165) is 4.90 Å². The molecule has 0 radical (unpaired) electrons. The van der Waals surface area contributed by atoms with Gasteiger partial charge in [0.2, 0.25) is 0 Å². The van der Waals surface area contributed by atoms with E-state index < -0.39 is 24.4 Å². The number of ketones is 1. The number of esters is 1. The Bertz CT molecular complexity index is 1240. The van der Waals surface area contributed by atoms with Crippen LogP contribution in [0, 0.1) is 0 Å². The van der Waals surface area contributed by atoms with Gasteiger partial charge in [0.15, 0.2) is 12.4 Å². The first-order chi connectivity index (χ1) is 14.9. The zero-order valence-electron chi connectivity index (χ0n) is 15.8. The van der Waals surface area contributed by atoms with Crippen LogP contribution in [0.4, 0.5) is 5.69 Å². The van der Waals surface area contributed by atoms with Gasteiger partial charge in [0.05, 0.1) is 27.4 Å². The molecule has 1 aliphatic heterocycles. The van der Waals surface area contributed by atoms with Gasteiger partial charge in [0.1, 0.15) is 0 Å². The average Bonchev–Trinajstić information content (AvgIpc) is 3.03. The van der Waals surface area contributed by atoms with Gasteiger partial charge in [-0.1, -0.05) is 53.5 Å². The molecular formula is C23H13Cl2NO5. The number of halogens is 2. The summed E-state index contributed by atoms with van der Waals surface area (Å²) in [6.45, 7) is -0.447. The zero-order chi connectivity index (χ0) is 22.1. The highest BCUT2D eigenvalue weighted by Crippen LogP contribution is 2.35. The summed E-state index contributed by atoms with van der Waals surface area (Å²) in [7, 11) is 0. The number of nitrogens with zero attached hydrogens (tertiary/aromatic N) is 1. The third kappa shape index (κ3) is 3.95. The third-order valence-corrected chi connectivity index (χ3v) is 5.26. The van der Waals surface area contributed by atoms with Gasteiger partial charge in [-0.2, -0.15) is 0 Å². The number of amides is 2. The Morgan fingerprint density at radius 2 is 1.52 bits per heavy atom. The first kappa shape index (κ1) is 20.8. The molecule has 0 bridgehead atoms. The number of carbonyl (C=O) groups excluding carboxylic acids is 4. The summed E-state index contributed by atoms with van der Waals surface area (Å²) in [5, 5.41) is 0.487. The molecular weight excluding hydrogens is 441 g/mol. The van der Waals surface area contributed by atoms with Gasteiger partial charge >= 0.3 is 5.97 Å². The normalized spacial score (nSPS) is 12.6. The first-order valence-corrected chi connectivity index (χ1v) is 9.85. The van der Waals surface area contributed by atoms with E-state index in [1.807, 2.05) is 0 Å². The minimum atomic E-state index is -0.786. The van der Waals surface area contributed by atoms with Gasteiger partial charge in [0, 0.05) is 10.6 Å². The van der Waals surface area contributed by atoms with Crippen molar-refractivity contribution in [2.75, 3.05) is 11.5 Å². The summed E-state index contributed by atoms with van der Waals surface area (Å²) in [5.41, 5.74) is 0.764. The predicted octanol–water partition coefficient (Wildman–Crippen LogP) is 4.83. The molecule has 0 fully saturated rings. The molecule has 0 N–H and O–H groups in total. The number of carbonyl (C=O) groups is 4. The molecule has 2 amide bonds. The highest BCUT2D eigenvalue weighted by Gasteiger charge is 2.38. The van der Waals surface area contributed by atoms with Crippen molar-refractivity contribution in [3.05, 3.63) is 99.0 Å². The number of hydrogen-bond acceptors (Lipinski definition) is 5. The van der Waals surface area contributed by atoms with Crippen LogP contribution >= 0.6 is 23.2 Å². The van der Waals surface area contributed by atoms with Crippen molar-refractivity contribution in [3.8, 4) is 0 Å². The van der Waals surface area contributed by atoms with E-state index in [0.29, 0.717) is 10.6 Å². The van der Waals surface area contributed by atoms with Crippen LogP contribution in [0.3, 0.4) is 0 Å². The fourth-order valence-electron chi connectivity index (χ4n) is 3.17. The highest BCUT2D eigenvalue weighted by atomic mass is 35.5. The smallest absolute Gasteiger partial charge is 0.338 e. The molecule has 4 rings (SSSR count). The topological polar surface area (TPSA) is 80.8 Å². The lowest BCUT2D eigenvalue weighted by Crippen LogP contribution is -2.29. The molecule has 0 aromatic heterocycles. The SMILES string of the molecule is O=C(COC(=O)c1ccc2c(c1)C(=O)N(c1cc(Cl)ccc1Cl)C2=O)c1ccccc1. The second-order valence-electron chi connectivity index (χ2n) is 6.67. The molecule has 1 heterocycles. The Labute approximate surface area is 186 Å². The number of anilines is 1. The zero-order valence-corrected chi connectivity index (χ0v) is 17.3. The second-order valence-corrected chi connectivity index (χ2v) is 7.51. The molecule has 0 saturated heterocycles. The molecule has 0 saturated carbocycles. The Kier molecular flexibility index (Phi) is 5.59. The standard InChI is InChI=1S/C23H13Cl2NO5/c24-15-7-9-18(25)19(11-15)26-21(28)16-8-6-14(10-17(16)22(26)29)23(30)31-12-20(27)13-4-2-1-3-5-13/h1-11H,12H2. The highest BCUT2D eigenvalue weighted by molar-refractivity contribution is 6.41. The molecule has 0 unspecified atom stereocenters. The number of ether oxygens (including phenoxy) is 1. The van der Waals surface area contributed by atoms with Crippen molar-refractivity contribution in [2.45, 2.75) is 0 Å². The van der Waals surface area contributed by atoms with E-state index in [1.165, 1.54) is 36.4 Å². The second kappa shape index (κ2) is 8.34. The van der Waals surface area contributed by atoms with Crippen molar-refractivity contribution >= 4 is 52.5 Å². The molecule has 0 spiro atoms. The number of fused-ring (bicyclic) bond motifs is 1. The molecule has 3 aromatic carbocycles. The van der Waals surface area contributed by atoms with Crippen LogP contribution in [0.25, 0.3) is 0 Å². The van der Waals surface area contributed by atoms with Gasteiger partial charge in [-0.3, -0.25) is 14.4 Å². The van der Waals surface area contributed by atoms with E-state index in [1.54, 1.807) is 30.3 Å². The molecule has 3 aromatic rings. The van der Waals surface area contributed by atoms with Crippen molar-refractivity contribution in [1.29, 1.82) is 0 Å². The summed E-state index contributed by atoms with van der Waals surface area (Å²) in [6, 6.07) is 16.8. The lowest BCUT2D eigenvalue weighted by atomic mass is 10.1. The van der Waals surface area contributed by atoms with E-state index in [9.17, 15) is 19.2 Å². The number of Topliss-reactive ketones (excluding diaryl/α,β-unsaturated/α-hetero) is 1. The predicted molar refractivity (Wildman–Crippen MR) is 115 cm³/mol. The molecule has 8 heteroatoms. The van der Waals surface area contributed by atoms with Gasteiger partial charge in [-0.05, 0) is 36.4 Å². The van der Waals surface area contributed by atoms with Gasteiger partial charge in [0.25, 0.3) is 11.8 Å². The van der Waals surface area contributed by atoms with E-state index in [-0.39, 0.29) is 33.2 Å². The summed E-state index contributed by atoms with van der Waals surface area (Å²) < 4.78 is 5.08. The van der Waals surface area contributed by atoms with Crippen molar-refractivity contribution < 1.29 is 23.9 Å². The molecule has 6 nitrogen and oxygen atoms in total. The average molecular weight is 454 g/mol. The largest absolute Gasteiger partial charge is 0.454 e. The van der Waals surface area contributed by atoms with Crippen LogP contribution in [0.5, 0.6) is 0 Å². The Balaban J connectivity index is 1.55. The molecule has 0 aliphatic carbocycles.